The zero-order valence-electron chi connectivity index (χ0n) is 9.93. The molecule has 0 aromatic carbocycles. The lowest BCUT2D eigenvalue weighted by Gasteiger charge is -2.04. The maximum absolute atomic E-state index is 11.9. The molecule has 3 nitrogen and oxygen atoms in total. The Labute approximate surface area is 119 Å². The topological polar surface area (TPSA) is 41.5 Å². The molecule has 18 heavy (non-hydrogen) atoms. The summed E-state index contributed by atoms with van der Waals surface area (Å²) < 4.78 is 1.07. The second kappa shape index (κ2) is 5.13. The molecule has 3 rings (SSSR count). The van der Waals surface area contributed by atoms with E-state index in [1.807, 2.05) is 12.1 Å². The molecule has 2 fully saturated rings. The highest BCUT2D eigenvalue weighted by Crippen LogP contribution is 2.55. The molecule has 2 saturated carbocycles. The largest absolute Gasteiger partial charge is 0.273 e. The number of nitrogens with zero attached hydrogens (tertiary/aromatic N) is 1. The van der Waals surface area contributed by atoms with E-state index in [1.165, 1.54) is 25.7 Å². The normalized spacial score (nSPS) is 30.2. The molecule has 96 valence electrons. The fourth-order valence-electron chi connectivity index (χ4n) is 3.01. The summed E-state index contributed by atoms with van der Waals surface area (Å²) in [5, 5.41) is 4.04. The van der Waals surface area contributed by atoms with E-state index in [9.17, 15) is 4.79 Å². The third kappa shape index (κ3) is 2.52. The van der Waals surface area contributed by atoms with Crippen LogP contribution < -0.4 is 5.43 Å². The van der Waals surface area contributed by atoms with E-state index in [2.05, 4.69) is 26.5 Å². The number of thiophene rings is 1. The second-order valence-electron chi connectivity index (χ2n) is 5.01. The van der Waals surface area contributed by atoms with Gasteiger partial charge in [-0.25, -0.2) is 5.43 Å². The zero-order chi connectivity index (χ0) is 12.5. The summed E-state index contributed by atoms with van der Waals surface area (Å²) in [5.74, 6) is 1.63. The van der Waals surface area contributed by atoms with Crippen molar-refractivity contribution in [2.24, 2.45) is 22.9 Å². The van der Waals surface area contributed by atoms with E-state index in [4.69, 9.17) is 0 Å². The van der Waals surface area contributed by atoms with Gasteiger partial charge in [-0.15, -0.1) is 11.3 Å². The molecule has 1 N–H and O–H groups in total. The van der Waals surface area contributed by atoms with Gasteiger partial charge in [0.2, 0.25) is 5.91 Å². The Hall–Kier alpha value is -0.680. The molecule has 5 heteroatoms. The average Bonchev–Trinajstić information content (AvgIpc) is 2.97. The first kappa shape index (κ1) is 12.4. The summed E-state index contributed by atoms with van der Waals surface area (Å²) in [6, 6.07) is 3.95. The van der Waals surface area contributed by atoms with Crippen molar-refractivity contribution in [1.82, 2.24) is 5.43 Å². The van der Waals surface area contributed by atoms with Gasteiger partial charge in [0.1, 0.15) is 0 Å². The predicted octanol–water partition coefficient (Wildman–Crippen LogP) is 3.40. The molecule has 0 spiro atoms. The first-order chi connectivity index (χ1) is 8.75. The first-order valence-electron chi connectivity index (χ1n) is 6.34. The van der Waals surface area contributed by atoms with Crippen LogP contribution in [0.4, 0.5) is 0 Å². The Balaban J connectivity index is 1.51. The van der Waals surface area contributed by atoms with E-state index in [0.717, 1.165) is 8.66 Å². The van der Waals surface area contributed by atoms with Crippen molar-refractivity contribution in [2.45, 2.75) is 25.7 Å². The number of amides is 1. The number of carbonyl (C=O) groups excluding carboxylic acids is 1. The van der Waals surface area contributed by atoms with Crippen LogP contribution in [0.2, 0.25) is 0 Å². The second-order valence-corrected chi connectivity index (χ2v) is 7.51. The highest BCUT2D eigenvalue weighted by molar-refractivity contribution is 9.11. The van der Waals surface area contributed by atoms with Gasteiger partial charge in [-0.3, -0.25) is 4.79 Å². The van der Waals surface area contributed by atoms with E-state index in [0.29, 0.717) is 11.8 Å². The molecular formula is C13H15BrN2OS. The number of hydrogen-bond donors (Lipinski definition) is 1. The van der Waals surface area contributed by atoms with Crippen LogP contribution in [-0.4, -0.2) is 12.1 Å². The number of halogens is 1. The Morgan fingerprint density at radius 1 is 1.39 bits per heavy atom. The van der Waals surface area contributed by atoms with Crippen molar-refractivity contribution in [3.8, 4) is 0 Å². The lowest BCUT2D eigenvalue weighted by molar-refractivity contribution is -0.122. The molecule has 2 atom stereocenters. The quantitative estimate of drug-likeness (QED) is 0.671. The number of hydrogen-bond acceptors (Lipinski definition) is 3. The lowest BCUT2D eigenvalue weighted by Crippen LogP contribution is -2.20. The van der Waals surface area contributed by atoms with Crippen LogP contribution in [-0.2, 0) is 4.79 Å². The van der Waals surface area contributed by atoms with Gasteiger partial charge in [-0.05, 0) is 52.7 Å². The van der Waals surface area contributed by atoms with E-state index >= 15 is 0 Å². The molecule has 0 unspecified atom stereocenters. The van der Waals surface area contributed by atoms with Crippen LogP contribution in [0, 0.1) is 17.8 Å². The van der Waals surface area contributed by atoms with Crippen LogP contribution in [0.25, 0.3) is 0 Å². The Bertz CT molecular complexity index is 473. The summed E-state index contributed by atoms with van der Waals surface area (Å²) >= 11 is 5.00. The highest BCUT2D eigenvalue weighted by atomic mass is 79.9. The molecule has 1 aromatic heterocycles. The van der Waals surface area contributed by atoms with E-state index in [-0.39, 0.29) is 11.8 Å². The minimum Gasteiger partial charge on any atom is -0.273 e. The summed E-state index contributed by atoms with van der Waals surface area (Å²) in [7, 11) is 0. The third-order valence-corrected chi connectivity index (χ3v) is 5.48. The third-order valence-electron chi connectivity index (χ3n) is 3.92. The van der Waals surface area contributed by atoms with Crippen molar-refractivity contribution in [1.29, 1.82) is 0 Å². The number of rotatable bonds is 3. The summed E-state index contributed by atoms with van der Waals surface area (Å²) in [5.41, 5.74) is 2.68. The highest BCUT2D eigenvalue weighted by Gasteiger charge is 2.54. The van der Waals surface area contributed by atoms with Gasteiger partial charge in [-0.2, -0.15) is 5.10 Å². The summed E-state index contributed by atoms with van der Waals surface area (Å²) in [4.78, 5) is 13.0. The number of carbonyl (C=O) groups is 1. The summed E-state index contributed by atoms with van der Waals surface area (Å²) in [6.45, 7) is 0. The van der Waals surface area contributed by atoms with Gasteiger partial charge < -0.3 is 0 Å². The summed E-state index contributed by atoms with van der Waals surface area (Å²) in [6.07, 6.45) is 6.74. The standard InChI is InChI=1S/C13H15BrN2OS/c14-11-6-5-8(18-11)7-15-16-13(17)12-9-3-1-2-4-10(9)12/h5-7,9-10,12H,1-4H2,(H,16,17)/t9-,10-/m1/s1. The van der Waals surface area contributed by atoms with Crippen molar-refractivity contribution in [2.75, 3.05) is 0 Å². The van der Waals surface area contributed by atoms with Crippen LogP contribution in [0.15, 0.2) is 21.0 Å². The Morgan fingerprint density at radius 3 is 2.72 bits per heavy atom. The Kier molecular flexibility index (Phi) is 3.52. The molecule has 2 aliphatic carbocycles. The van der Waals surface area contributed by atoms with Crippen molar-refractivity contribution in [3.63, 3.8) is 0 Å². The molecule has 1 heterocycles. The number of hydrazone groups is 1. The maximum atomic E-state index is 11.9. The fraction of sp³-hybridized carbons (Fsp3) is 0.538. The van der Waals surface area contributed by atoms with Crippen LogP contribution >= 0.6 is 27.3 Å². The molecule has 0 aliphatic heterocycles. The van der Waals surface area contributed by atoms with Gasteiger partial charge in [-0.1, -0.05) is 12.8 Å². The van der Waals surface area contributed by atoms with Crippen LogP contribution in [0.1, 0.15) is 30.6 Å². The first-order valence-corrected chi connectivity index (χ1v) is 7.95. The molecule has 2 aliphatic rings. The minimum atomic E-state index is 0.110. The van der Waals surface area contributed by atoms with Gasteiger partial charge in [0.05, 0.1) is 10.0 Å². The average molecular weight is 327 g/mol. The molecule has 0 bridgehead atoms. The number of fused-ring (bicyclic) bond motifs is 1. The van der Waals surface area contributed by atoms with Gasteiger partial charge in [0.15, 0.2) is 0 Å². The van der Waals surface area contributed by atoms with Crippen LogP contribution in [0.3, 0.4) is 0 Å². The van der Waals surface area contributed by atoms with Gasteiger partial charge >= 0.3 is 0 Å². The van der Waals surface area contributed by atoms with Crippen molar-refractivity contribution in [3.05, 3.63) is 20.8 Å². The minimum absolute atomic E-state index is 0.110. The fourth-order valence-corrected chi connectivity index (χ4v) is 4.31. The smallest absolute Gasteiger partial charge is 0.243 e. The predicted molar refractivity (Wildman–Crippen MR) is 76.7 cm³/mol. The molecular weight excluding hydrogens is 312 g/mol. The van der Waals surface area contributed by atoms with Gasteiger partial charge in [0.25, 0.3) is 0 Å². The zero-order valence-corrected chi connectivity index (χ0v) is 12.3. The SMILES string of the molecule is O=C(NN=Cc1ccc(Br)s1)C1[C@@H]2CCCC[C@@H]12. The molecule has 1 aromatic rings. The van der Waals surface area contributed by atoms with Crippen molar-refractivity contribution >= 4 is 39.4 Å². The number of nitrogens with one attached hydrogen (secondary N) is 1. The van der Waals surface area contributed by atoms with Gasteiger partial charge in [0, 0.05) is 10.8 Å². The lowest BCUT2D eigenvalue weighted by atomic mass is 10.0. The molecule has 1 amide bonds. The van der Waals surface area contributed by atoms with E-state index < -0.39 is 0 Å². The Morgan fingerprint density at radius 2 is 2.11 bits per heavy atom. The molecule has 0 saturated heterocycles. The molecule has 0 radical (unpaired) electrons. The van der Waals surface area contributed by atoms with Crippen molar-refractivity contribution < 1.29 is 4.79 Å². The van der Waals surface area contributed by atoms with Crippen LogP contribution in [0.5, 0.6) is 0 Å². The maximum Gasteiger partial charge on any atom is 0.243 e. The van der Waals surface area contributed by atoms with E-state index in [1.54, 1.807) is 17.6 Å². The monoisotopic (exact) mass is 326 g/mol.